The van der Waals surface area contributed by atoms with Crippen LogP contribution >= 0.6 is 0 Å². The minimum absolute atomic E-state index is 0.444. The van der Waals surface area contributed by atoms with Crippen LogP contribution in [-0.4, -0.2) is 28.2 Å². The van der Waals surface area contributed by atoms with Crippen molar-refractivity contribution in [2.45, 2.75) is 6.10 Å². The van der Waals surface area contributed by atoms with E-state index >= 15 is 0 Å². The Morgan fingerprint density at radius 1 is 1.31 bits per heavy atom. The van der Waals surface area contributed by atoms with Crippen molar-refractivity contribution in [3.05, 3.63) is 36.2 Å². The molecule has 16 heavy (non-hydrogen) atoms. The second-order valence-corrected chi connectivity index (χ2v) is 3.23. The van der Waals surface area contributed by atoms with Crippen molar-refractivity contribution < 1.29 is 14.6 Å². The van der Waals surface area contributed by atoms with Gasteiger partial charge in [-0.2, -0.15) is 0 Å². The third-order valence-corrected chi connectivity index (χ3v) is 2.23. The van der Waals surface area contributed by atoms with Crippen LogP contribution in [0, 0.1) is 0 Å². The number of aliphatic hydroxyl groups is 1. The molecule has 82 valence electrons. The molecule has 0 aliphatic heterocycles. The summed E-state index contributed by atoms with van der Waals surface area (Å²) in [5.41, 5.74) is 1.78. The molecule has 5 nitrogen and oxygen atoms in total. The second kappa shape index (κ2) is 4.24. The van der Waals surface area contributed by atoms with Crippen LogP contribution in [0.4, 0.5) is 0 Å². The van der Waals surface area contributed by atoms with Crippen molar-refractivity contribution in [3.63, 3.8) is 0 Å². The van der Waals surface area contributed by atoms with Crippen molar-refractivity contribution in [2.24, 2.45) is 0 Å². The summed E-state index contributed by atoms with van der Waals surface area (Å²) in [7, 11) is 1.23. The first kappa shape index (κ1) is 10.5. The van der Waals surface area contributed by atoms with E-state index in [0.29, 0.717) is 16.6 Å². The van der Waals surface area contributed by atoms with Crippen LogP contribution in [0.5, 0.6) is 0 Å². The monoisotopic (exact) mass is 218 g/mol. The van der Waals surface area contributed by atoms with E-state index in [-0.39, 0.29) is 0 Å². The Labute approximate surface area is 91.7 Å². The van der Waals surface area contributed by atoms with E-state index in [9.17, 15) is 9.90 Å². The normalized spacial score (nSPS) is 12.4. The summed E-state index contributed by atoms with van der Waals surface area (Å²) in [4.78, 5) is 19.3. The van der Waals surface area contributed by atoms with Crippen molar-refractivity contribution in [1.82, 2.24) is 9.97 Å². The Morgan fingerprint density at radius 2 is 2.00 bits per heavy atom. The molecular formula is C11H10N2O3. The number of aromatic nitrogens is 2. The van der Waals surface area contributed by atoms with Gasteiger partial charge in [-0.15, -0.1) is 0 Å². The smallest absolute Gasteiger partial charge is 0.339 e. The lowest BCUT2D eigenvalue weighted by molar-refractivity contribution is -0.150. The molecule has 5 heteroatoms. The van der Waals surface area contributed by atoms with Gasteiger partial charge in [0.15, 0.2) is 6.10 Å². The Balaban J connectivity index is 2.43. The number of benzene rings is 1. The first-order valence-electron chi connectivity index (χ1n) is 4.69. The minimum Gasteiger partial charge on any atom is -0.467 e. The van der Waals surface area contributed by atoms with Crippen LogP contribution in [0.25, 0.3) is 11.0 Å². The third kappa shape index (κ3) is 1.85. The first-order chi connectivity index (χ1) is 7.72. The van der Waals surface area contributed by atoms with Gasteiger partial charge < -0.3 is 9.84 Å². The molecule has 1 heterocycles. The van der Waals surface area contributed by atoms with Gasteiger partial charge in [0.05, 0.1) is 18.1 Å². The van der Waals surface area contributed by atoms with Crippen molar-refractivity contribution >= 4 is 17.0 Å². The van der Waals surface area contributed by atoms with E-state index in [4.69, 9.17) is 0 Å². The van der Waals surface area contributed by atoms with Gasteiger partial charge >= 0.3 is 5.97 Å². The quantitative estimate of drug-likeness (QED) is 0.756. The Hall–Kier alpha value is -2.01. The fourth-order valence-corrected chi connectivity index (χ4v) is 1.40. The summed E-state index contributed by atoms with van der Waals surface area (Å²) < 4.78 is 4.45. The molecule has 1 aromatic heterocycles. The van der Waals surface area contributed by atoms with Gasteiger partial charge in [0.1, 0.15) is 0 Å². The van der Waals surface area contributed by atoms with E-state index in [1.807, 2.05) is 0 Å². The standard InChI is InChI=1S/C11H10N2O3/c1-16-11(15)10(14)7-2-3-8-9(6-7)13-5-4-12-8/h2-6,10,14H,1H3. The summed E-state index contributed by atoms with van der Waals surface area (Å²) in [5, 5.41) is 9.63. The maximum Gasteiger partial charge on any atom is 0.339 e. The summed E-state index contributed by atoms with van der Waals surface area (Å²) in [6, 6.07) is 4.94. The van der Waals surface area contributed by atoms with Crippen molar-refractivity contribution in [3.8, 4) is 0 Å². The number of ether oxygens (including phenoxy) is 1. The fourth-order valence-electron chi connectivity index (χ4n) is 1.40. The molecule has 0 saturated heterocycles. The van der Waals surface area contributed by atoms with Gasteiger partial charge in [-0.05, 0) is 17.7 Å². The molecule has 1 atom stereocenters. The van der Waals surface area contributed by atoms with E-state index in [2.05, 4.69) is 14.7 Å². The van der Waals surface area contributed by atoms with E-state index in [1.54, 1.807) is 30.6 Å². The average Bonchev–Trinajstić information content (AvgIpc) is 2.36. The van der Waals surface area contributed by atoms with E-state index < -0.39 is 12.1 Å². The molecule has 0 amide bonds. The lowest BCUT2D eigenvalue weighted by Crippen LogP contribution is -2.13. The number of aliphatic hydroxyl groups excluding tert-OH is 1. The number of carbonyl (C=O) groups is 1. The molecule has 2 rings (SSSR count). The van der Waals surface area contributed by atoms with E-state index in [0.717, 1.165) is 0 Å². The largest absolute Gasteiger partial charge is 0.467 e. The lowest BCUT2D eigenvalue weighted by Gasteiger charge is -2.08. The van der Waals surface area contributed by atoms with Crippen LogP contribution in [0.1, 0.15) is 11.7 Å². The highest BCUT2D eigenvalue weighted by Gasteiger charge is 2.18. The predicted molar refractivity (Wildman–Crippen MR) is 56.5 cm³/mol. The minimum atomic E-state index is -1.28. The molecule has 0 fully saturated rings. The van der Waals surface area contributed by atoms with Crippen molar-refractivity contribution in [1.29, 1.82) is 0 Å². The van der Waals surface area contributed by atoms with Gasteiger partial charge in [-0.25, -0.2) is 4.79 Å². The summed E-state index contributed by atoms with van der Waals surface area (Å²) >= 11 is 0. The van der Waals surface area contributed by atoms with Crippen LogP contribution in [-0.2, 0) is 9.53 Å². The number of hydrogen-bond donors (Lipinski definition) is 1. The van der Waals surface area contributed by atoms with Gasteiger partial charge in [0.25, 0.3) is 0 Å². The number of carbonyl (C=O) groups excluding carboxylic acids is 1. The molecular weight excluding hydrogens is 208 g/mol. The summed E-state index contributed by atoms with van der Waals surface area (Å²) in [6.07, 6.45) is 1.85. The second-order valence-electron chi connectivity index (χ2n) is 3.23. The van der Waals surface area contributed by atoms with Crippen LogP contribution in [0.15, 0.2) is 30.6 Å². The molecule has 0 radical (unpaired) electrons. The molecule has 0 aliphatic carbocycles. The van der Waals surface area contributed by atoms with E-state index in [1.165, 1.54) is 7.11 Å². The molecule has 2 aromatic rings. The maximum absolute atomic E-state index is 11.1. The number of hydrogen-bond acceptors (Lipinski definition) is 5. The maximum atomic E-state index is 11.1. The highest BCUT2D eigenvalue weighted by atomic mass is 16.5. The Bertz CT molecular complexity index is 527. The summed E-state index contributed by atoms with van der Waals surface area (Å²) in [5.74, 6) is -0.691. The molecule has 0 saturated carbocycles. The molecule has 0 aliphatic rings. The first-order valence-corrected chi connectivity index (χ1v) is 4.69. The zero-order valence-corrected chi connectivity index (χ0v) is 8.62. The van der Waals surface area contributed by atoms with Crippen LogP contribution in [0.2, 0.25) is 0 Å². The zero-order chi connectivity index (χ0) is 11.5. The molecule has 1 unspecified atom stereocenters. The number of nitrogens with zero attached hydrogens (tertiary/aromatic N) is 2. The molecule has 1 aromatic carbocycles. The van der Waals surface area contributed by atoms with Gasteiger partial charge in [-0.1, -0.05) is 6.07 Å². The SMILES string of the molecule is COC(=O)C(O)c1ccc2nccnc2c1. The number of esters is 1. The van der Waals surface area contributed by atoms with Gasteiger partial charge in [-0.3, -0.25) is 9.97 Å². The number of fused-ring (bicyclic) bond motifs is 1. The average molecular weight is 218 g/mol. The van der Waals surface area contributed by atoms with Crippen LogP contribution < -0.4 is 0 Å². The highest BCUT2D eigenvalue weighted by molar-refractivity contribution is 5.80. The molecule has 0 bridgehead atoms. The number of methoxy groups -OCH3 is 1. The molecule has 1 N–H and O–H groups in total. The lowest BCUT2D eigenvalue weighted by atomic mass is 10.1. The Kier molecular flexibility index (Phi) is 2.78. The van der Waals surface area contributed by atoms with Gasteiger partial charge in [0, 0.05) is 12.4 Å². The van der Waals surface area contributed by atoms with Gasteiger partial charge in [0.2, 0.25) is 0 Å². The topological polar surface area (TPSA) is 72.3 Å². The van der Waals surface area contributed by atoms with Crippen LogP contribution in [0.3, 0.4) is 0 Å². The molecule has 0 spiro atoms. The predicted octanol–water partition coefficient (Wildman–Crippen LogP) is 0.836. The fraction of sp³-hybridized carbons (Fsp3) is 0.182. The zero-order valence-electron chi connectivity index (χ0n) is 8.62. The Morgan fingerprint density at radius 3 is 2.69 bits per heavy atom. The third-order valence-electron chi connectivity index (χ3n) is 2.23. The highest BCUT2D eigenvalue weighted by Crippen LogP contribution is 2.18. The summed E-state index contributed by atoms with van der Waals surface area (Å²) in [6.45, 7) is 0. The number of rotatable bonds is 2. The van der Waals surface area contributed by atoms with Crippen molar-refractivity contribution in [2.75, 3.05) is 7.11 Å².